The van der Waals surface area contributed by atoms with E-state index in [9.17, 15) is 4.39 Å². The molecule has 14 heavy (non-hydrogen) atoms. The van der Waals surface area contributed by atoms with E-state index in [2.05, 4.69) is 11.2 Å². The molecule has 0 heterocycles. The highest BCUT2D eigenvalue weighted by atomic mass is 35.5. The van der Waals surface area contributed by atoms with Crippen molar-refractivity contribution < 1.29 is 4.39 Å². The van der Waals surface area contributed by atoms with Gasteiger partial charge in [-0.15, -0.1) is 12.3 Å². The molecule has 0 bridgehead atoms. The fourth-order valence-corrected chi connectivity index (χ4v) is 1.26. The number of hydrogen-bond acceptors (Lipinski definition) is 1. The van der Waals surface area contributed by atoms with Gasteiger partial charge in [0.2, 0.25) is 0 Å². The second-order valence-corrected chi connectivity index (χ2v) is 3.25. The molecule has 0 aliphatic heterocycles. The fraction of sp³-hybridized carbons (Fsp3) is 0.273. The molecule has 0 atom stereocenters. The Hall–Kier alpha value is -1.04. The van der Waals surface area contributed by atoms with Crippen LogP contribution in [0.4, 0.5) is 4.39 Å². The molecule has 0 fully saturated rings. The van der Waals surface area contributed by atoms with Crippen molar-refractivity contribution >= 4 is 11.6 Å². The molecule has 1 nitrogen and oxygen atoms in total. The summed E-state index contributed by atoms with van der Waals surface area (Å²) in [7, 11) is 0. The van der Waals surface area contributed by atoms with Crippen molar-refractivity contribution in [2.24, 2.45) is 0 Å². The number of nitrogens with one attached hydrogen (secondary N) is 1. The predicted octanol–water partition coefficient (Wildman–Crippen LogP) is 2.59. The van der Waals surface area contributed by atoms with Gasteiger partial charge >= 0.3 is 0 Å². The molecule has 1 aromatic carbocycles. The maximum absolute atomic E-state index is 13.3. The van der Waals surface area contributed by atoms with Gasteiger partial charge in [-0.25, -0.2) is 4.39 Å². The first-order valence-electron chi connectivity index (χ1n) is 4.32. The monoisotopic (exact) mass is 211 g/mol. The first-order chi connectivity index (χ1) is 6.75. The summed E-state index contributed by atoms with van der Waals surface area (Å²) in [4.78, 5) is 0. The van der Waals surface area contributed by atoms with E-state index in [1.165, 1.54) is 6.07 Å². The van der Waals surface area contributed by atoms with Crippen LogP contribution in [-0.2, 0) is 6.54 Å². The van der Waals surface area contributed by atoms with E-state index < -0.39 is 0 Å². The van der Waals surface area contributed by atoms with E-state index in [0.717, 1.165) is 0 Å². The Morgan fingerprint density at radius 3 is 3.00 bits per heavy atom. The Kier molecular flexibility index (Phi) is 4.45. The molecule has 0 aromatic heterocycles. The van der Waals surface area contributed by atoms with Crippen LogP contribution in [0.3, 0.4) is 0 Å². The van der Waals surface area contributed by atoms with Crippen molar-refractivity contribution in [3.8, 4) is 12.3 Å². The minimum atomic E-state index is -0.359. The minimum Gasteiger partial charge on any atom is -0.312 e. The average molecular weight is 212 g/mol. The molecule has 0 aliphatic rings. The van der Waals surface area contributed by atoms with E-state index in [1.807, 2.05) is 0 Å². The molecule has 0 spiro atoms. The Morgan fingerprint density at radius 1 is 1.50 bits per heavy atom. The van der Waals surface area contributed by atoms with E-state index in [0.29, 0.717) is 25.1 Å². The molecule has 0 aliphatic carbocycles. The van der Waals surface area contributed by atoms with Crippen LogP contribution in [0.5, 0.6) is 0 Å². The third kappa shape index (κ3) is 3.02. The van der Waals surface area contributed by atoms with Crippen LogP contribution in [0.1, 0.15) is 12.0 Å². The molecule has 0 amide bonds. The number of benzene rings is 1. The maximum Gasteiger partial charge on any atom is 0.146 e. The molecule has 1 N–H and O–H groups in total. The molecular formula is C11H11ClFN. The molecule has 0 radical (unpaired) electrons. The molecule has 0 saturated carbocycles. The van der Waals surface area contributed by atoms with Crippen LogP contribution in [0.2, 0.25) is 5.02 Å². The Bertz CT molecular complexity index is 344. The van der Waals surface area contributed by atoms with Gasteiger partial charge in [0.1, 0.15) is 5.82 Å². The molecule has 1 aromatic rings. The van der Waals surface area contributed by atoms with Crippen molar-refractivity contribution in [1.29, 1.82) is 0 Å². The van der Waals surface area contributed by atoms with Crippen molar-refractivity contribution in [2.75, 3.05) is 6.54 Å². The Balaban J connectivity index is 2.51. The van der Waals surface area contributed by atoms with Gasteiger partial charge in [-0.05, 0) is 6.07 Å². The highest BCUT2D eigenvalue weighted by Gasteiger charge is 2.04. The van der Waals surface area contributed by atoms with Crippen LogP contribution < -0.4 is 5.32 Å². The van der Waals surface area contributed by atoms with Crippen LogP contribution >= 0.6 is 11.6 Å². The molecule has 1 rings (SSSR count). The minimum absolute atomic E-state index is 0.154. The zero-order chi connectivity index (χ0) is 10.4. The number of halogens is 2. The fourth-order valence-electron chi connectivity index (χ4n) is 1.07. The number of hydrogen-bond donors (Lipinski definition) is 1. The summed E-state index contributed by atoms with van der Waals surface area (Å²) in [5, 5.41) is 3.18. The predicted molar refractivity (Wildman–Crippen MR) is 56.6 cm³/mol. The normalized spacial score (nSPS) is 9.79. The quantitative estimate of drug-likeness (QED) is 0.596. The van der Waals surface area contributed by atoms with Gasteiger partial charge in [-0.1, -0.05) is 23.7 Å². The van der Waals surface area contributed by atoms with Crippen molar-refractivity contribution in [3.63, 3.8) is 0 Å². The Morgan fingerprint density at radius 2 is 2.29 bits per heavy atom. The van der Waals surface area contributed by atoms with E-state index in [-0.39, 0.29) is 10.8 Å². The van der Waals surface area contributed by atoms with E-state index in [4.69, 9.17) is 18.0 Å². The standard InChI is InChI=1S/C11H11ClFN/c1-2-3-7-14-8-9-5-4-6-10(12)11(9)13/h1,4-6,14H,3,7-8H2. The third-order valence-electron chi connectivity index (χ3n) is 1.79. The molecule has 74 valence electrons. The lowest BCUT2D eigenvalue weighted by Gasteiger charge is -2.04. The molecule has 0 saturated heterocycles. The van der Waals surface area contributed by atoms with Crippen molar-refractivity contribution in [1.82, 2.24) is 5.32 Å². The summed E-state index contributed by atoms with van der Waals surface area (Å²) in [5.74, 6) is 2.14. The topological polar surface area (TPSA) is 12.0 Å². The van der Waals surface area contributed by atoms with Gasteiger partial charge in [0.25, 0.3) is 0 Å². The lowest BCUT2D eigenvalue weighted by atomic mass is 10.2. The van der Waals surface area contributed by atoms with Crippen molar-refractivity contribution in [2.45, 2.75) is 13.0 Å². The largest absolute Gasteiger partial charge is 0.312 e. The second-order valence-electron chi connectivity index (χ2n) is 2.84. The molecular weight excluding hydrogens is 201 g/mol. The lowest BCUT2D eigenvalue weighted by molar-refractivity contribution is 0.591. The van der Waals surface area contributed by atoms with Gasteiger partial charge in [0.15, 0.2) is 0 Å². The average Bonchev–Trinajstić information content (AvgIpc) is 2.19. The number of terminal acetylenes is 1. The van der Waals surface area contributed by atoms with Crippen LogP contribution in [0.25, 0.3) is 0 Å². The summed E-state index contributed by atoms with van der Waals surface area (Å²) in [6.07, 6.45) is 5.72. The highest BCUT2D eigenvalue weighted by molar-refractivity contribution is 6.30. The van der Waals surface area contributed by atoms with Crippen molar-refractivity contribution in [3.05, 3.63) is 34.6 Å². The van der Waals surface area contributed by atoms with Gasteiger partial charge in [-0.3, -0.25) is 0 Å². The Labute approximate surface area is 88.3 Å². The SMILES string of the molecule is C#CCCNCc1cccc(Cl)c1F. The zero-order valence-corrected chi connectivity index (χ0v) is 8.44. The summed E-state index contributed by atoms with van der Waals surface area (Å²) in [6, 6.07) is 4.95. The molecule has 0 unspecified atom stereocenters. The summed E-state index contributed by atoms with van der Waals surface area (Å²) >= 11 is 5.62. The van der Waals surface area contributed by atoms with Gasteiger partial charge in [0, 0.05) is 25.1 Å². The smallest absolute Gasteiger partial charge is 0.146 e. The molecule has 3 heteroatoms. The van der Waals surface area contributed by atoms with Crippen LogP contribution in [-0.4, -0.2) is 6.54 Å². The zero-order valence-electron chi connectivity index (χ0n) is 7.69. The second kappa shape index (κ2) is 5.64. The first kappa shape index (κ1) is 11.0. The van der Waals surface area contributed by atoms with Gasteiger partial charge < -0.3 is 5.32 Å². The van der Waals surface area contributed by atoms with E-state index in [1.54, 1.807) is 12.1 Å². The maximum atomic E-state index is 13.3. The van der Waals surface area contributed by atoms with Gasteiger partial charge in [-0.2, -0.15) is 0 Å². The van der Waals surface area contributed by atoms with E-state index >= 15 is 0 Å². The highest BCUT2D eigenvalue weighted by Crippen LogP contribution is 2.17. The number of rotatable bonds is 4. The van der Waals surface area contributed by atoms with Gasteiger partial charge in [0.05, 0.1) is 5.02 Å². The summed E-state index contributed by atoms with van der Waals surface area (Å²) in [6.45, 7) is 1.14. The lowest BCUT2D eigenvalue weighted by Crippen LogP contribution is -2.15. The summed E-state index contributed by atoms with van der Waals surface area (Å²) in [5.41, 5.74) is 0.564. The summed E-state index contributed by atoms with van der Waals surface area (Å²) < 4.78 is 13.3. The third-order valence-corrected chi connectivity index (χ3v) is 2.09. The first-order valence-corrected chi connectivity index (χ1v) is 4.70. The van der Waals surface area contributed by atoms with Crippen LogP contribution in [0, 0.1) is 18.2 Å². The van der Waals surface area contributed by atoms with Crippen LogP contribution in [0.15, 0.2) is 18.2 Å².